The number of aromatic amines is 1. The van der Waals surface area contributed by atoms with E-state index in [-0.39, 0.29) is 5.41 Å². The minimum Gasteiger partial charge on any atom is -0.460 e. The lowest BCUT2D eigenvalue weighted by molar-refractivity contribution is 0.0412. The van der Waals surface area contributed by atoms with Crippen LogP contribution in [0.5, 0.6) is 0 Å². The minimum atomic E-state index is -0.407. The highest BCUT2D eigenvalue weighted by Crippen LogP contribution is 2.48. The van der Waals surface area contributed by atoms with Gasteiger partial charge in [-0.1, -0.05) is 13.8 Å². The number of carbonyl (C=O) groups is 1. The molecule has 2 rings (SSSR count). The summed E-state index contributed by atoms with van der Waals surface area (Å²) >= 11 is 0. The Morgan fingerprint density at radius 1 is 1.63 bits per heavy atom. The summed E-state index contributed by atoms with van der Waals surface area (Å²) in [4.78, 5) is 11.8. The molecule has 0 amide bonds. The number of H-pyrrole nitrogens is 1. The quantitative estimate of drug-likeness (QED) is 0.798. The van der Waals surface area contributed by atoms with Crippen molar-refractivity contribution in [2.24, 2.45) is 11.3 Å². The molecule has 0 aliphatic heterocycles. The van der Waals surface area contributed by atoms with E-state index < -0.39 is 5.97 Å². The number of esters is 1. The van der Waals surface area contributed by atoms with E-state index in [4.69, 9.17) is 10.00 Å². The van der Waals surface area contributed by atoms with Gasteiger partial charge in [0.05, 0.1) is 12.7 Å². The maximum absolute atomic E-state index is 11.8. The molecule has 102 valence electrons. The molecule has 1 saturated carbocycles. The average molecular weight is 261 g/mol. The monoisotopic (exact) mass is 261 g/mol. The zero-order valence-electron chi connectivity index (χ0n) is 11.4. The molecule has 0 saturated heterocycles. The molecule has 19 heavy (non-hydrogen) atoms. The molecule has 1 aliphatic carbocycles. The van der Waals surface area contributed by atoms with Crippen molar-refractivity contribution in [3.63, 3.8) is 0 Å². The molecule has 0 unspecified atom stereocenters. The molecular formula is C14H19N3O2. The van der Waals surface area contributed by atoms with Gasteiger partial charge in [0, 0.05) is 17.5 Å². The van der Waals surface area contributed by atoms with E-state index in [0.29, 0.717) is 24.6 Å². The van der Waals surface area contributed by atoms with Gasteiger partial charge in [-0.2, -0.15) is 10.4 Å². The Hall–Kier alpha value is -1.83. The van der Waals surface area contributed by atoms with E-state index in [9.17, 15) is 4.79 Å². The number of hydrogen-bond acceptors (Lipinski definition) is 4. The van der Waals surface area contributed by atoms with Crippen LogP contribution in [0.15, 0.2) is 6.07 Å². The first-order valence-electron chi connectivity index (χ1n) is 6.63. The summed E-state index contributed by atoms with van der Waals surface area (Å²) in [5.41, 5.74) is 1.19. The lowest BCUT2D eigenvalue weighted by Gasteiger charge is -2.10. The van der Waals surface area contributed by atoms with E-state index in [2.05, 4.69) is 30.1 Å². The zero-order valence-corrected chi connectivity index (χ0v) is 11.4. The molecule has 0 radical (unpaired) electrons. The minimum absolute atomic E-state index is 0.0819. The van der Waals surface area contributed by atoms with E-state index in [1.54, 1.807) is 6.07 Å². The number of nitriles is 1. The Kier molecular flexibility index (Phi) is 3.89. The molecule has 0 bridgehead atoms. The Bertz CT molecular complexity index is 495. The van der Waals surface area contributed by atoms with Crippen molar-refractivity contribution in [2.75, 3.05) is 6.61 Å². The van der Waals surface area contributed by atoms with Crippen molar-refractivity contribution in [2.45, 2.75) is 39.5 Å². The number of aromatic nitrogens is 2. The first-order chi connectivity index (χ1) is 9.04. The Morgan fingerprint density at radius 2 is 2.37 bits per heavy atom. The number of carbonyl (C=O) groups excluding carboxylic acids is 1. The van der Waals surface area contributed by atoms with Crippen LogP contribution >= 0.6 is 0 Å². The molecular weight excluding hydrogens is 242 g/mol. The van der Waals surface area contributed by atoms with Gasteiger partial charge in [-0.25, -0.2) is 4.79 Å². The fraction of sp³-hybridized carbons (Fsp3) is 0.643. The molecule has 1 aliphatic rings. The lowest BCUT2D eigenvalue weighted by Crippen LogP contribution is -2.15. The van der Waals surface area contributed by atoms with Crippen LogP contribution in [-0.4, -0.2) is 22.8 Å². The van der Waals surface area contributed by atoms with Gasteiger partial charge in [-0.15, -0.1) is 0 Å². The lowest BCUT2D eigenvalue weighted by atomic mass is 10.1. The third-order valence-corrected chi connectivity index (χ3v) is 3.39. The summed E-state index contributed by atoms with van der Waals surface area (Å²) in [6, 6.07) is 3.89. The summed E-state index contributed by atoms with van der Waals surface area (Å²) in [6.45, 7) is 4.54. The van der Waals surface area contributed by atoms with Crippen molar-refractivity contribution >= 4 is 5.97 Å². The number of hydrogen-bond donors (Lipinski definition) is 1. The Labute approximate surface area is 113 Å². The van der Waals surface area contributed by atoms with Gasteiger partial charge in [0.15, 0.2) is 5.69 Å². The van der Waals surface area contributed by atoms with Gasteiger partial charge in [0.1, 0.15) is 0 Å². The van der Waals surface area contributed by atoms with Crippen LogP contribution in [0.3, 0.4) is 0 Å². The van der Waals surface area contributed by atoms with E-state index in [1.165, 1.54) is 0 Å². The van der Waals surface area contributed by atoms with Crippen LogP contribution in [0.2, 0.25) is 0 Å². The Morgan fingerprint density at radius 3 is 2.95 bits per heavy atom. The van der Waals surface area contributed by atoms with Gasteiger partial charge >= 0.3 is 5.97 Å². The zero-order chi connectivity index (χ0) is 13.9. The van der Waals surface area contributed by atoms with Crippen LogP contribution in [-0.2, 0) is 11.2 Å². The van der Waals surface area contributed by atoms with Crippen LogP contribution < -0.4 is 0 Å². The van der Waals surface area contributed by atoms with Crippen LogP contribution in [0.25, 0.3) is 0 Å². The van der Waals surface area contributed by atoms with Gasteiger partial charge in [0.25, 0.3) is 0 Å². The maximum atomic E-state index is 11.8. The van der Waals surface area contributed by atoms with Crippen LogP contribution in [0.1, 0.15) is 49.3 Å². The van der Waals surface area contributed by atoms with Crippen molar-refractivity contribution in [1.82, 2.24) is 10.2 Å². The summed E-state index contributed by atoms with van der Waals surface area (Å²) in [7, 11) is 0. The average Bonchev–Trinajstić information content (AvgIpc) is 2.96. The van der Waals surface area contributed by atoms with Gasteiger partial charge in [0.2, 0.25) is 0 Å². The van der Waals surface area contributed by atoms with Crippen molar-refractivity contribution in [3.8, 4) is 6.07 Å². The van der Waals surface area contributed by atoms with Gasteiger partial charge < -0.3 is 4.74 Å². The normalized spacial score (nSPS) is 16.1. The molecule has 1 aromatic heterocycles. The predicted octanol–water partition coefficient (Wildman–Crippen LogP) is 2.46. The van der Waals surface area contributed by atoms with Gasteiger partial charge in [-0.05, 0) is 31.2 Å². The molecule has 0 atom stereocenters. The molecule has 1 aromatic rings. The van der Waals surface area contributed by atoms with E-state index in [1.807, 2.05) is 0 Å². The number of nitrogens with zero attached hydrogens (tertiary/aromatic N) is 2. The molecule has 5 heteroatoms. The van der Waals surface area contributed by atoms with E-state index in [0.717, 1.165) is 25.0 Å². The second kappa shape index (κ2) is 5.43. The van der Waals surface area contributed by atoms with Crippen molar-refractivity contribution < 1.29 is 9.53 Å². The standard InChI is InChI=1S/C14H19N3O2/c1-10(2)7-11-8-12(17-16-11)13(18)19-9-14(3-4-14)5-6-15/h8,10H,3-5,7,9H2,1-2H3,(H,16,17). The smallest absolute Gasteiger partial charge is 0.358 e. The highest BCUT2D eigenvalue weighted by molar-refractivity contribution is 5.87. The van der Waals surface area contributed by atoms with Crippen molar-refractivity contribution in [3.05, 3.63) is 17.5 Å². The summed E-state index contributed by atoms with van der Waals surface area (Å²) in [5.74, 6) is 0.102. The highest BCUT2D eigenvalue weighted by Gasteiger charge is 2.43. The molecule has 1 heterocycles. The first kappa shape index (κ1) is 13.6. The fourth-order valence-corrected chi connectivity index (χ4v) is 2.02. The van der Waals surface area contributed by atoms with Gasteiger partial charge in [-0.3, -0.25) is 5.10 Å². The molecule has 1 fully saturated rings. The summed E-state index contributed by atoms with van der Waals surface area (Å²) in [5, 5.41) is 15.5. The van der Waals surface area contributed by atoms with Crippen LogP contribution in [0, 0.1) is 22.7 Å². The first-order valence-corrected chi connectivity index (χ1v) is 6.63. The molecule has 0 spiro atoms. The SMILES string of the molecule is CC(C)Cc1cc(C(=O)OCC2(CC#N)CC2)n[nH]1. The largest absolute Gasteiger partial charge is 0.460 e. The highest BCUT2D eigenvalue weighted by atomic mass is 16.5. The van der Waals surface area contributed by atoms with Crippen molar-refractivity contribution in [1.29, 1.82) is 5.26 Å². The maximum Gasteiger partial charge on any atom is 0.358 e. The van der Waals surface area contributed by atoms with Crippen LogP contribution in [0.4, 0.5) is 0 Å². The summed E-state index contributed by atoms with van der Waals surface area (Å²) in [6.07, 6.45) is 3.25. The van der Waals surface area contributed by atoms with E-state index >= 15 is 0 Å². The Balaban J connectivity index is 1.86. The third-order valence-electron chi connectivity index (χ3n) is 3.39. The number of rotatable bonds is 6. The fourth-order valence-electron chi connectivity index (χ4n) is 2.02. The second-order valence-electron chi connectivity index (χ2n) is 5.79. The number of nitrogens with one attached hydrogen (secondary N) is 1. The molecule has 5 nitrogen and oxygen atoms in total. The second-order valence-corrected chi connectivity index (χ2v) is 5.79. The molecule has 0 aromatic carbocycles. The molecule has 1 N–H and O–H groups in total. The predicted molar refractivity (Wildman–Crippen MR) is 69.3 cm³/mol. The summed E-state index contributed by atoms with van der Waals surface area (Å²) < 4.78 is 5.25. The third kappa shape index (κ3) is 3.57. The number of ether oxygens (including phenoxy) is 1. The topological polar surface area (TPSA) is 78.8 Å².